The SMILES string of the molecule is CCC(CC)N(C)CCOc1cccc(C#CCCO)c1. The van der Waals surface area contributed by atoms with Crippen LogP contribution in [0.25, 0.3) is 0 Å². The number of ether oxygens (including phenoxy) is 1. The molecule has 0 aliphatic rings. The maximum Gasteiger partial charge on any atom is 0.120 e. The number of aliphatic hydroxyl groups excluding tert-OH is 1. The Balaban J connectivity index is 2.45. The lowest BCUT2D eigenvalue weighted by molar-refractivity contribution is 0.183. The molecule has 1 aromatic rings. The van der Waals surface area contributed by atoms with Gasteiger partial charge in [-0.25, -0.2) is 0 Å². The van der Waals surface area contributed by atoms with Gasteiger partial charge in [0.05, 0.1) is 6.61 Å². The first kappa shape index (κ1) is 17.6. The van der Waals surface area contributed by atoms with Gasteiger partial charge in [0.25, 0.3) is 0 Å². The summed E-state index contributed by atoms with van der Waals surface area (Å²) >= 11 is 0. The molecule has 0 aliphatic carbocycles. The van der Waals surface area contributed by atoms with E-state index < -0.39 is 0 Å². The summed E-state index contributed by atoms with van der Waals surface area (Å²) in [6, 6.07) is 8.43. The van der Waals surface area contributed by atoms with Crippen molar-refractivity contribution in [1.29, 1.82) is 0 Å². The maximum atomic E-state index is 8.72. The molecule has 1 N–H and O–H groups in total. The van der Waals surface area contributed by atoms with Crippen LogP contribution in [0.1, 0.15) is 38.7 Å². The van der Waals surface area contributed by atoms with Crippen molar-refractivity contribution in [2.75, 3.05) is 26.8 Å². The van der Waals surface area contributed by atoms with Crippen LogP contribution in [-0.2, 0) is 0 Å². The molecule has 0 saturated carbocycles. The Morgan fingerprint density at radius 1 is 1.29 bits per heavy atom. The molecule has 0 fully saturated rings. The molecule has 0 amide bonds. The zero-order valence-corrected chi connectivity index (χ0v) is 13.4. The number of rotatable bonds is 8. The quantitative estimate of drug-likeness (QED) is 0.747. The highest BCUT2D eigenvalue weighted by atomic mass is 16.5. The third-order valence-corrected chi connectivity index (χ3v) is 3.58. The molecule has 0 bridgehead atoms. The lowest BCUT2D eigenvalue weighted by Crippen LogP contribution is -2.33. The molecule has 0 radical (unpaired) electrons. The minimum absolute atomic E-state index is 0.103. The van der Waals surface area contributed by atoms with Crippen LogP contribution in [-0.4, -0.2) is 42.9 Å². The molecule has 0 unspecified atom stereocenters. The van der Waals surface area contributed by atoms with Crippen molar-refractivity contribution in [3.05, 3.63) is 29.8 Å². The zero-order valence-electron chi connectivity index (χ0n) is 13.4. The van der Waals surface area contributed by atoms with E-state index in [2.05, 4.69) is 37.6 Å². The van der Waals surface area contributed by atoms with E-state index in [4.69, 9.17) is 9.84 Å². The van der Waals surface area contributed by atoms with Crippen LogP contribution in [0.5, 0.6) is 5.75 Å². The van der Waals surface area contributed by atoms with Crippen molar-refractivity contribution in [1.82, 2.24) is 4.90 Å². The van der Waals surface area contributed by atoms with Gasteiger partial charge in [0.15, 0.2) is 0 Å². The molecule has 0 aromatic heterocycles. The van der Waals surface area contributed by atoms with Gasteiger partial charge in [-0.3, -0.25) is 0 Å². The van der Waals surface area contributed by atoms with Crippen LogP contribution in [0, 0.1) is 11.8 Å². The van der Waals surface area contributed by atoms with E-state index in [1.165, 1.54) is 12.8 Å². The van der Waals surface area contributed by atoms with Gasteiger partial charge in [0.1, 0.15) is 12.4 Å². The summed E-state index contributed by atoms with van der Waals surface area (Å²) in [5, 5.41) is 8.72. The number of hydrogen-bond acceptors (Lipinski definition) is 3. The molecule has 0 saturated heterocycles. The molecule has 1 rings (SSSR count). The fraction of sp³-hybridized carbons (Fsp3) is 0.556. The molecular formula is C18H27NO2. The van der Waals surface area contributed by atoms with E-state index in [1.807, 2.05) is 24.3 Å². The van der Waals surface area contributed by atoms with Gasteiger partial charge in [-0.2, -0.15) is 0 Å². The summed E-state index contributed by atoms with van der Waals surface area (Å²) in [7, 11) is 2.15. The zero-order chi connectivity index (χ0) is 15.5. The van der Waals surface area contributed by atoms with Crippen LogP contribution in [0.4, 0.5) is 0 Å². The van der Waals surface area contributed by atoms with Crippen molar-refractivity contribution in [3.8, 4) is 17.6 Å². The molecule has 3 nitrogen and oxygen atoms in total. The Morgan fingerprint density at radius 3 is 2.71 bits per heavy atom. The number of benzene rings is 1. The topological polar surface area (TPSA) is 32.7 Å². The molecule has 3 heteroatoms. The van der Waals surface area contributed by atoms with Gasteiger partial charge >= 0.3 is 0 Å². The number of nitrogens with zero attached hydrogens (tertiary/aromatic N) is 1. The summed E-state index contributed by atoms with van der Waals surface area (Å²) in [6.45, 7) is 6.15. The average molecular weight is 289 g/mol. The van der Waals surface area contributed by atoms with Gasteiger partial charge < -0.3 is 14.7 Å². The number of aliphatic hydroxyl groups is 1. The predicted octanol–water partition coefficient (Wildman–Crippen LogP) is 2.92. The lowest BCUT2D eigenvalue weighted by atomic mass is 10.1. The molecule has 0 spiro atoms. The Hall–Kier alpha value is -1.50. The van der Waals surface area contributed by atoms with E-state index in [9.17, 15) is 0 Å². The van der Waals surface area contributed by atoms with Gasteiger partial charge in [0, 0.05) is 24.6 Å². The predicted molar refractivity (Wildman–Crippen MR) is 87.5 cm³/mol. The first-order valence-electron chi connectivity index (χ1n) is 7.74. The molecule has 116 valence electrons. The Kier molecular flexibility index (Phi) is 8.57. The van der Waals surface area contributed by atoms with E-state index in [1.54, 1.807) is 0 Å². The number of likely N-dealkylation sites (N-methyl/N-ethyl adjacent to an activating group) is 1. The third-order valence-electron chi connectivity index (χ3n) is 3.58. The van der Waals surface area contributed by atoms with Crippen LogP contribution < -0.4 is 4.74 Å². The Bertz CT molecular complexity index is 458. The Morgan fingerprint density at radius 2 is 2.05 bits per heavy atom. The first-order chi connectivity index (χ1) is 10.2. The molecule has 0 atom stereocenters. The van der Waals surface area contributed by atoms with Crippen molar-refractivity contribution in [2.45, 2.75) is 39.2 Å². The normalized spacial score (nSPS) is 10.6. The highest BCUT2D eigenvalue weighted by Crippen LogP contribution is 2.13. The molecule has 21 heavy (non-hydrogen) atoms. The van der Waals surface area contributed by atoms with Gasteiger partial charge in [-0.05, 0) is 38.1 Å². The summed E-state index contributed by atoms with van der Waals surface area (Å²) < 4.78 is 5.80. The molecule has 0 aliphatic heterocycles. The minimum Gasteiger partial charge on any atom is -0.492 e. The average Bonchev–Trinajstić information content (AvgIpc) is 2.49. The van der Waals surface area contributed by atoms with E-state index in [-0.39, 0.29) is 6.61 Å². The highest BCUT2D eigenvalue weighted by molar-refractivity contribution is 5.39. The summed E-state index contributed by atoms with van der Waals surface area (Å²) in [6.07, 6.45) is 2.84. The second kappa shape index (κ2) is 10.3. The van der Waals surface area contributed by atoms with Gasteiger partial charge in [0.2, 0.25) is 0 Å². The first-order valence-corrected chi connectivity index (χ1v) is 7.74. The van der Waals surface area contributed by atoms with E-state index in [0.29, 0.717) is 19.1 Å². The van der Waals surface area contributed by atoms with Crippen LogP contribution >= 0.6 is 0 Å². The van der Waals surface area contributed by atoms with E-state index >= 15 is 0 Å². The number of hydrogen-bond donors (Lipinski definition) is 1. The smallest absolute Gasteiger partial charge is 0.120 e. The fourth-order valence-corrected chi connectivity index (χ4v) is 2.29. The summed E-state index contributed by atoms with van der Waals surface area (Å²) in [5.41, 5.74) is 0.925. The second-order valence-corrected chi connectivity index (χ2v) is 5.10. The van der Waals surface area contributed by atoms with Gasteiger partial charge in [-0.15, -0.1) is 0 Å². The van der Waals surface area contributed by atoms with Crippen molar-refractivity contribution >= 4 is 0 Å². The van der Waals surface area contributed by atoms with Gasteiger partial charge in [-0.1, -0.05) is 31.8 Å². The van der Waals surface area contributed by atoms with Crippen molar-refractivity contribution in [3.63, 3.8) is 0 Å². The monoisotopic (exact) mass is 289 g/mol. The van der Waals surface area contributed by atoms with Crippen LogP contribution in [0.15, 0.2) is 24.3 Å². The molecule has 1 aromatic carbocycles. The molecular weight excluding hydrogens is 262 g/mol. The highest BCUT2D eigenvalue weighted by Gasteiger charge is 2.09. The van der Waals surface area contributed by atoms with Crippen molar-refractivity contribution in [2.24, 2.45) is 0 Å². The van der Waals surface area contributed by atoms with Crippen LogP contribution in [0.3, 0.4) is 0 Å². The standard InChI is InChI=1S/C18H27NO2/c1-4-17(5-2)19(3)12-14-21-18-11-8-10-16(15-18)9-6-7-13-20/h8,10-11,15,17,20H,4-5,7,12-14H2,1-3H3. The molecule has 0 heterocycles. The summed E-state index contributed by atoms with van der Waals surface area (Å²) in [5.74, 6) is 6.79. The second-order valence-electron chi connectivity index (χ2n) is 5.10. The third kappa shape index (κ3) is 6.66. The fourth-order valence-electron chi connectivity index (χ4n) is 2.29. The van der Waals surface area contributed by atoms with Crippen LogP contribution in [0.2, 0.25) is 0 Å². The van der Waals surface area contributed by atoms with E-state index in [0.717, 1.165) is 17.9 Å². The summed E-state index contributed by atoms with van der Waals surface area (Å²) in [4.78, 5) is 2.35. The van der Waals surface area contributed by atoms with Crippen molar-refractivity contribution < 1.29 is 9.84 Å². The minimum atomic E-state index is 0.103. The lowest BCUT2D eigenvalue weighted by Gasteiger charge is -2.25. The largest absolute Gasteiger partial charge is 0.492 e. The Labute approximate surface area is 128 Å². The maximum absolute atomic E-state index is 8.72.